The molecule has 1 heterocycles. The molecule has 2 aromatic rings. The lowest BCUT2D eigenvalue weighted by Crippen LogP contribution is -2.07. The van der Waals surface area contributed by atoms with E-state index in [1.54, 1.807) is 0 Å². The molecule has 0 saturated heterocycles. The average molecular weight is 273 g/mol. The van der Waals surface area contributed by atoms with Crippen LogP contribution in [0.15, 0.2) is 24.3 Å². The fraction of sp³-hybridized carbons (Fsp3) is 0.412. The number of ether oxygens (including phenoxy) is 1. The molecule has 2 rings (SSSR count). The van der Waals surface area contributed by atoms with E-state index in [-0.39, 0.29) is 6.10 Å². The number of aliphatic hydroxyl groups excluding tert-OH is 1. The van der Waals surface area contributed by atoms with Crippen LogP contribution in [-0.2, 0) is 0 Å². The Kier molecular flexibility index (Phi) is 4.19. The molecule has 0 fully saturated rings. The monoisotopic (exact) mass is 273 g/mol. The standard InChI is InChI=1S/C17H23NO2/c1-10(2)20-15-8-6-7-14(9-15)17(19)16-12(4)11(3)13(5)18-16/h6-10,17-19H,1-5H3. The summed E-state index contributed by atoms with van der Waals surface area (Å²) in [6.07, 6.45) is -0.530. The molecule has 0 saturated carbocycles. The van der Waals surface area contributed by atoms with Crippen molar-refractivity contribution in [2.75, 3.05) is 0 Å². The highest BCUT2D eigenvalue weighted by atomic mass is 16.5. The number of hydrogen-bond acceptors (Lipinski definition) is 2. The number of rotatable bonds is 4. The first kappa shape index (κ1) is 14.7. The largest absolute Gasteiger partial charge is 0.491 e. The quantitative estimate of drug-likeness (QED) is 0.889. The van der Waals surface area contributed by atoms with Gasteiger partial charge in [0.25, 0.3) is 0 Å². The topological polar surface area (TPSA) is 45.2 Å². The third kappa shape index (κ3) is 2.88. The van der Waals surface area contributed by atoms with Gasteiger partial charge in [0.1, 0.15) is 11.9 Å². The van der Waals surface area contributed by atoms with Crippen LogP contribution < -0.4 is 4.74 Å². The van der Waals surface area contributed by atoms with E-state index in [1.165, 1.54) is 5.56 Å². The Labute approximate surface area is 120 Å². The summed E-state index contributed by atoms with van der Waals surface area (Å²) in [5.74, 6) is 0.786. The summed E-state index contributed by atoms with van der Waals surface area (Å²) in [7, 11) is 0. The highest BCUT2D eigenvalue weighted by Crippen LogP contribution is 2.29. The molecule has 0 radical (unpaired) electrons. The maximum Gasteiger partial charge on any atom is 0.120 e. The van der Waals surface area contributed by atoms with Gasteiger partial charge in [-0.1, -0.05) is 12.1 Å². The molecule has 0 aliphatic heterocycles. The van der Waals surface area contributed by atoms with Crippen LogP contribution in [0, 0.1) is 20.8 Å². The minimum Gasteiger partial charge on any atom is -0.491 e. The Hall–Kier alpha value is -1.74. The Bertz CT molecular complexity index is 599. The number of benzene rings is 1. The van der Waals surface area contributed by atoms with Crippen LogP contribution >= 0.6 is 0 Å². The van der Waals surface area contributed by atoms with Gasteiger partial charge in [-0.05, 0) is 63.4 Å². The fourth-order valence-electron chi connectivity index (χ4n) is 2.34. The van der Waals surface area contributed by atoms with E-state index in [0.717, 1.165) is 28.3 Å². The zero-order valence-corrected chi connectivity index (χ0v) is 12.8. The van der Waals surface area contributed by atoms with Crippen molar-refractivity contribution in [3.8, 4) is 5.75 Å². The van der Waals surface area contributed by atoms with Gasteiger partial charge >= 0.3 is 0 Å². The molecule has 3 heteroatoms. The summed E-state index contributed by atoms with van der Waals surface area (Å²) in [6.45, 7) is 10.1. The molecule has 20 heavy (non-hydrogen) atoms. The van der Waals surface area contributed by atoms with Crippen molar-refractivity contribution in [1.82, 2.24) is 4.98 Å². The summed E-state index contributed by atoms with van der Waals surface area (Å²) < 4.78 is 5.68. The van der Waals surface area contributed by atoms with Crippen molar-refractivity contribution in [2.24, 2.45) is 0 Å². The lowest BCUT2D eigenvalue weighted by Gasteiger charge is -2.14. The Morgan fingerprint density at radius 1 is 1.10 bits per heavy atom. The van der Waals surface area contributed by atoms with Gasteiger partial charge < -0.3 is 14.8 Å². The molecule has 1 aromatic carbocycles. The zero-order chi connectivity index (χ0) is 14.9. The van der Waals surface area contributed by atoms with Crippen LogP contribution in [0.2, 0.25) is 0 Å². The predicted molar refractivity (Wildman–Crippen MR) is 81.3 cm³/mol. The summed E-state index contributed by atoms with van der Waals surface area (Å²) in [5.41, 5.74) is 5.12. The summed E-state index contributed by atoms with van der Waals surface area (Å²) in [5, 5.41) is 10.6. The third-order valence-electron chi connectivity index (χ3n) is 3.67. The molecule has 0 aliphatic rings. The van der Waals surface area contributed by atoms with Crippen LogP contribution in [0.3, 0.4) is 0 Å². The zero-order valence-electron chi connectivity index (χ0n) is 12.8. The number of hydrogen-bond donors (Lipinski definition) is 2. The first-order chi connectivity index (χ1) is 9.40. The van der Waals surface area contributed by atoms with Gasteiger partial charge in [0.15, 0.2) is 0 Å². The van der Waals surface area contributed by atoms with E-state index in [1.807, 2.05) is 52.0 Å². The Morgan fingerprint density at radius 3 is 2.35 bits per heavy atom. The van der Waals surface area contributed by atoms with Crippen molar-refractivity contribution < 1.29 is 9.84 Å². The second-order valence-corrected chi connectivity index (χ2v) is 5.56. The SMILES string of the molecule is Cc1[nH]c(C(O)c2cccc(OC(C)C)c2)c(C)c1C. The molecule has 1 aromatic heterocycles. The van der Waals surface area contributed by atoms with Crippen LogP contribution in [0.1, 0.15) is 48.0 Å². The molecule has 1 unspecified atom stereocenters. The van der Waals surface area contributed by atoms with E-state index >= 15 is 0 Å². The van der Waals surface area contributed by atoms with Crippen molar-refractivity contribution in [1.29, 1.82) is 0 Å². The summed E-state index contributed by atoms with van der Waals surface area (Å²) in [4.78, 5) is 3.28. The molecule has 3 nitrogen and oxygen atoms in total. The van der Waals surface area contributed by atoms with Crippen molar-refractivity contribution >= 4 is 0 Å². The first-order valence-corrected chi connectivity index (χ1v) is 7.00. The fourth-order valence-corrected chi connectivity index (χ4v) is 2.34. The van der Waals surface area contributed by atoms with Crippen molar-refractivity contribution in [3.05, 3.63) is 52.3 Å². The van der Waals surface area contributed by atoms with E-state index in [0.29, 0.717) is 0 Å². The lowest BCUT2D eigenvalue weighted by molar-refractivity contribution is 0.212. The van der Waals surface area contributed by atoms with Gasteiger partial charge in [0.05, 0.1) is 11.8 Å². The van der Waals surface area contributed by atoms with Gasteiger partial charge in [-0.15, -0.1) is 0 Å². The molecular weight excluding hydrogens is 250 g/mol. The molecule has 0 aliphatic carbocycles. The van der Waals surface area contributed by atoms with E-state index in [9.17, 15) is 5.11 Å². The molecule has 1 atom stereocenters. The molecule has 0 amide bonds. The van der Waals surface area contributed by atoms with Crippen molar-refractivity contribution in [2.45, 2.75) is 46.8 Å². The Morgan fingerprint density at radius 2 is 1.80 bits per heavy atom. The van der Waals surface area contributed by atoms with Gasteiger partial charge in [-0.25, -0.2) is 0 Å². The third-order valence-corrected chi connectivity index (χ3v) is 3.67. The number of nitrogens with one attached hydrogen (secondary N) is 1. The summed E-state index contributed by atoms with van der Waals surface area (Å²) in [6, 6.07) is 7.64. The van der Waals surface area contributed by atoms with Crippen molar-refractivity contribution in [3.63, 3.8) is 0 Å². The molecular formula is C17H23NO2. The molecule has 108 valence electrons. The number of aromatic amines is 1. The van der Waals surface area contributed by atoms with Gasteiger partial charge in [0, 0.05) is 5.69 Å². The summed E-state index contributed by atoms with van der Waals surface area (Å²) >= 11 is 0. The van der Waals surface area contributed by atoms with Crippen LogP contribution in [-0.4, -0.2) is 16.2 Å². The predicted octanol–water partition coefficient (Wildman–Crippen LogP) is 3.81. The first-order valence-electron chi connectivity index (χ1n) is 7.00. The van der Waals surface area contributed by atoms with Crippen LogP contribution in [0.25, 0.3) is 0 Å². The van der Waals surface area contributed by atoms with Crippen LogP contribution in [0.5, 0.6) is 5.75 Å². The second-order valence-electron chi connectivity index (χ2n) is 5.56. The molecule has 2 N–H and O–H groups in total. The normalized spacial score (nSPS) is 12.8. The van der Waals surface area contributed by atoms with Gasteiger partial charge in [-0.3, -0.25) is 0 Å². The highest BCUT2D eigenvalue weighted by Gasteiger charge is 2.18. The minimum atomic E-state index is -0.655. The maximum atomic E-state index is 10.6. The smallest absolute Gasteiger partial charge is 0.120 e. The van der Waals surface area contributed by atoms with E-state index in [2.05, 4.69) is 11.9 Å². The maximum absolute atomic E-state index is 10.6. The average Bonchev–Trinajstić information content (AvgIpc) is 2.65. The van der Waals surface area contributed by atoms with Crippen LogP contribution in [0.4, 0.5) is 0 Å². The molecule has 0 spiro atoms. The minimum absolute atomic E-state index is 0.124. The number of aliphatic hydroxyl groups is 1. The van der Waals surface area contributed by atoms with Gasteiger partial charge in [-0.2, -0.15) is 0 Å². The van der Waals surface area contributed by atoms with Gasteiger partial charge in [0.2, 0.25) is 0 Å². The highest BCUT2D eigenvalue weighted by molar-refractivity contribution is 5.40. The van der Waals surface area contributed by atoms with E-state index < -0.39 is 6.10 Å². The lowest BCUT2D eigenvalue weighted by atomic mass is 10.0. The number of aromatic nitrogens is 1. The molecule has 0 bridgehead atoms. The van der Waals surface area contributed by atoms with E-state index in [4.69, 9.17) is 4.74 Å². The second kappa shape index (κ2) is 5.71. The number of aryl methyl sites for hydroxylation is 1. The number of H-pyrrole nitrogens is 1. The Balaban J connectivity index is 2.33.